The second kappa shape index (κ2) is 3.09. The highest BCUT2D eigenvalue weighted by Gasteiger charge is 2.41. The summed E-state index contributed by atoms with van der Waals surface area (Å²) in [5.74, 6) is 1.78. The number of hydrogen-bond acceptors (Lipinski definition) is 2. The predicted molar refractivity (Wildman–Crippen MR) is 52.5 cm³/mol. The van der Waals surface area contributed by atoms with E-state index in [1.165, 1.54) is 19.3 Å². The Morgan fingerprint density at radius 1 is 1.23 bits per heavy atom. The lowest BCUT2D eigenvalue weighted by Gasteiger charge is -2.30. The number of aldehydes is 1. The molecule has 2 aliphatic rings. The molecule has 0 spiro atoms. The summed E-state index contributed by atoms with van der Waals surface area (Å²) in [6.45, 7) is 6.36. The molecule has 13 heavy (non-hydrogen) atoms. The molecular formula is C11H19NO. The molecule has 2 nitrogen and oxygen atoms in total. The molecule has 0 aromatic carbocycles. The quantitative estimate of drug-likeness (QED) is 0.604. The van der Waals surface area contributed by atoms with E-state index in [-0.39, 0.29) is 5.54 Å². The average Bonchev–Trinajstić information content (AvgIpc) is 2.61. The number of carbonyl (C=O) groups is 1. The number of nitrogens with zero attached hydrogens (tertiary/aromatic N) is 1. The maximum absolute atomic E-state index is 10.9. The molecular weight excluding hydrogens is 162 g/mol. The maximum Gasteiger partial charge on any atom is 0.139 e. The highest BCUT2D eigenvalue weighted by atomic mass is 16.1. The number of hydrogen-bond donors (Lipinski definition) is 0. The average molecular weight is 181 g/mol. The summed E-state index contributed by atoms with van der Waals surface area (Å²) in [7, 11) is 0. The van der Waals surface area contributed by atoms with E-state index in [0.29, 0.717) is 0 Å². The third-order valence-corrected chi connectivity index (χ3v) is 3.83. The fraction of sp³-hybridized carbons (Fsp3) is 0.909. The molecule has 0 aromatic rings. The van der Waals surface area contributed by atoms with Gasteiger partial charge in [0.2, 0.25) is 0 Å². The van der Waals surface area contributed by atoms with Crippen LogP contribution in [0.1, 0.15) is 33.1 Å². The van der Waals surface area contributed by atoms with Gasteiger partial charge in [0.15, 0.2) is 0 Å². The standard InChI is InChI=1S/C11H19NO/c1-11(2,8-13)12-6-9-4-3-5-10(9)7-12/h8-10H,3-7H2,1-2H3. The molecule has 2 fully saturated rings. The molecule has 0 N–H and O–H groups in total. The van der Waals surface area contributed by atoms with Crippen molar-refractivity contribution in [3.8, 4) is 0 Å². The van der Waals surface area contributed by atoms with Gasteiger partial charge in [-0.05, 0) is 38.5 Å². The van der Waals surface area contributed by atoms with E-state index in [2.05, 4.69) is 4.90 Å². The third-order valence-electron chi connectivity index (χ3n) is 3.83. The molecule has 0 aromatic heterocycles. The first-order valence-electron chi connectivity index (χ1n) is 5.35. The zero-order chi connectivity index (χ0) is 9.47. The normalized spacial score (nSPS) is 34.9. The minimum Gasteiger partial charge on any atom is -0.301 e. The van der Waals surface area contributed by atoms with E-state index in [1.807, 2.05) is 13.8 Å². The number of fused-ring (bicyclic) bond motifs is 1. The van der Waals surface area contributed by atoms with Gasteiger partial charge in [-0.3, -0.25) is 4.90 Å². The Morgan fingerprint density at radius 3 is 2.23 bits per heavy atom. The maximum atomic E-state index is 10.9. The van der Waals surface area contributed by atoms with E-state index in [1.54, 1.807) is 0 Å². The van der Waals surface area contributed by atoms with Crippen LogP contribution < -0.4 is 0 Å². The van der Waals surface area contributed by atoms with Crippen LogP contribution in [0, 0.1) is 11.8 Å². The molecule has 2 rings (SSSR count). The summed E-state index contributed by atoms with van der Waals surface area (Å²) in [5.41, 5.74) is -0.232. The van der Waals surface area contributed by atoms with Crippen molar-refractivity contribution in [2.45, 2.75) is 38.6 Å². The Morgan fingerprint density at radius 2 is 1.77 bits per heavy atom. The highest BCUT2D eigenvalue weighted by Crippen LogP contribution is 2.39. The topological polar surface area (TPSA) is 20.3 Å². The lowest BCUT2D eigenvalue weighted by Crippen LogP contribution is -2.44. The van der Waals surface area contributed by atoms with Gasteiger partial charge in [0, 0.05) is 13.1 Å². The molecule has 0 bridgehead atoms. The Kier molecular flexibility index (Phi) is 2.18. The molecule has 2 unspecified atom stereocenters. The van der Waals surface area contributed by atoms with Crippen molar-refractivity contribution in [1.29, 1.82) is 0 Å². The van der Waals surface area contributed by atoms with Crippen molar-refractivity contribution in [3.05, 3.63) is 0 Å². The van der Waals surface area contributed by atoms with Crippen LogP contribution in [0.15, 0.2) is 0 Å². The van der Waals surface area contributed by atoms with Crippen LogP contribution in [-0.4, -0.2) is 29.8 Å². The second-order valence-corrected chi connectivity index (χ2v) is 5.13. The number of rotatable bonds is 2. The molecule has 0 amide bonds. The molecule has 74 valence electrons. The van der Waals surface area contributed by atoms with Crippen molar-refractivity contribution in [1.82, 2.24) is 4.90 Å². The van der Waals surface area contributed by atoms with Crippen molar-refractivity contribution < 1.29 is 4.79 Å². The third kappa shape index (κ3) is 1.52. The number of carbonyl (C=O) groups excluding carboxylic acids is 1. The molecule has 1 saturated heterocycles. The van der Waals surface area contributed by atoms with Gasteiger partial charge in [-0.15, -0.1) is 0 Å². The Hall–Kier alpha value is -0.370. The van der Waals surface area contributed by atoms with Gasteiger partial charge < -0.3 is 4.79 Å². The monoisotopic (exact) mass is 181 g/mol. The summed E-state index contributed by atoms with van der Waals surface area (Å²) in [6, 6.07) is 0. The van der Waals surface area contributed by atoms with Crippen molar-refractivity contribution in [3.63, 3.8) is 0 Å². The number of likely N-dealkylation sites (tertiary alicyclic amines) is 1. The van der Waals surface area contributed by atoms with Crippen LogP contribution in [0.3, 0.4) is 0 Å². The smallest absolute Gasteiger partial charge is 0.139 e. The van der Waals surface area contributed by atoms with Crippen molar-refractivity contribution in [2.24, 2.45) is 11.8 Å². The summed E-state index contributed by atoms with van der Waals surface area (Å²) in [5, 5.41) is 0. The first-order valence-corrected chi connectivity index (χ1v) is 5.35. The second-order valence-electron chi connectivity index (χ2n) is 5.13. The molecule has 2 atom stereocenters. The van der Waals surface area contributed by atoms with Crippen LogP contribution in [-0.2, 0) is 4.79 Å². The largest absolute Gasteiger partial charge is 0.301 e. The Balaban J connectivity index is 2.02. The molecule has 1 aliphatic carbocycles. The minimum absolute atomic E-state index is 0.232. The van der Waals surface area contributed by atoms with Crippen LogP contribution >= 0.6 is 0 Å². The van der Waals surface area contributed by atoms with E-state index < -0.39 is 0 Å². The molecule has 2 heteroatoms. The lowest BCUT2D eigenvalue weighted by molar-refractivity contribution is -0.116. The van der Waals surface area contributed by atoms with Gasteiger partial charge in [0.05, 0.1) is 5.54 Å². The van der Waals surface area contributed by atoms with Crippen LogP contribution in [0.5, 0.6) is 0 Å². The summed E-state index contributed by atoms with van der Waals surface area (Å²) >= 11 is 0. The zero-order valence-electron chi connectivity index (χ0n) is 8.62. The van der Waals surface area contributed by atoms with Gasteiger partial charge >= 0.3 is 0 Å². The van der Waals surface area contributed by atoms with Crippen LogP contribution in [0.2, 0.25) is 0 Å². The van der Waals surface area contributed by atoms with Gasteiger partial charge in [0.1, 0.15) is 6.29 Å². The molecule has 0 radical (unpaired) electrons. The van der Waals surface area contributed by atoms with E-state index in [0.717, 1.165) is 31.2 Å². The van der Waals surface area contributed by atoms with Crippen molar-refractivity contribution >= 4 is 6.29 Å². The summed E-state index contributed by atoms with van der Waals surface area (Å²) in [4.78, 5) is 13.2. The van der Waals surface area contributed by atoms with E-state index in [9.17, 15) is 4.79 Å². The first-order chi connectivity index (χ1) is 6.13. The fourth-order valence-corrected chi connectivity index (χ4v) is 2.78. The zero-order valence-corrected chi connectivity index (χ0v) is 8.62. The van der Waals surface area contributed by atoms with Crippen molar-refractivity contribution in [2.75, 3.05) is 13.1 Å². The SMILES string of the molecule is CC(C)(C=O)N1CC2CCCC2C1. The highest BCUT2D eigenvalue weighted by molar-refractivity contribution is 5.62. The van der Waals surface area contributed by atoms with E-state index in [4.69, 9.17) is 0 Å². The molecule has 1 heterocycles. The minimum atomic E-state index is -0.232. The predicted octanol–water partition coefficient (Wildman–Crippen LogP) is 1.70. The lowest BCUT2D eigenvalue weighted by atomic mass is 10.0. The van der Waals surface area contributed by atoms with Gasteiger partial charge in [0.25, 0.3) is 0 Å². The van der Waals surface area contributed by atoms with Crippen LogP contribution in [0.4, 0.5) is 0 Å². The van der Waals surface area contributed by atoms with Gasteiger partial charge in [-0.2, -0.15) is 0 Å². The fourth-order valence-electron chi connectivity index (χ4n) is 2.78. The first kappa shape index (κ1) is 9.20. The van der Waals surface area contributed by atoms with E-state index >= 15 is 0 Å². The van der Waals surface area contributed by atoms with Crippen LogP contribution in [0.25, 0.3) is 0 Å². The molecule has 1 saturated carbocycles. The van der Waals surface area contributed by atoms with Gasteiger partial charge in [-0.1, -0.05) is 6.42 Å². The summed E-state index contributed by atoms with van der Waals surface area (Å²) < 4.78 is 0. The summed E-state index contributed by atoms with van der Waals surface area (Å²) in [6.07, 6.45) is 5.27. The Bertz CT molecular complexity index is 200. The molecule has 1 aliphatic heterocycles. The Labute approximate surface area is 80.3 Å². The van der Waals surface area contributed by atoms with Gasteiger partial charge in [-0.25, -0.2) is 0 Å².